The third-order valence-electron chi connectivity index (χ3n) is 2.88. The van der Waals surface area contributed by atoms with E-state index in [0.717, 1.165) is 0 Å². The highest BCUT2D eigenvalue weighted by molar-refractivity contribution is 7.80. The van der Waals surface area contributed by atoms with Gasteiger partial charge >= 0.3 is 0 Å². The second kappa shape index (κ2) is 8.14. The van der Waals surface area contributed by atoms with Crippen LogP contribution in [0.4, 0.5) is 10.1 Å². The van der Waals surface area contributed by atoms with Gasteiger partial charge in [-0.15, -0.1) is 0 Å². The minimum atomic E-state index is -0.529. The zero-order chi connectivity index (χ0) is 17.7. The Bertz CT molecular complexity index is 766. The third-order valence-corrected chi connectivity index (χ3v) is 3.64. The molecule has 0 aromatic heterocycles. The van der Waals surface area contributed by atoms with Crippen LogP contribution in [-0.4, -0.2) is 18.1 Å². The number of carbonyl (C=O) groups excluding carboxylic acids is 1. The average Bonchev–Trinajstić information content (AvgIpc) is 2.54. The summed E-state index contributed by atoms with van der Waals surface area (Å²) in [6.07, 6.45) is 0. The lowest BCUT2D eigenvalue weighted by Crippen LogP contribution is -2.43. The number of hydrogen-bond acceptors (Lipinski definition) is 3. The summed E-state index contributed by atoms with van der Waals surface area (Å²) in [5.74, 6) is -0.722. The summed E-state index contributed by atoms with van der Waals surface area (Å²) < 4.78 is 18.5. The van der Waals surface area contributed by atoms with Gasteiger partial charge in [0.05, 0.1) is 22.8 Å². The second-order valence-corrected chi connectivity index (χ2v) is 5.71. The fourth-order valence-electron chi connectivity index (χ4n) is 1.79. The first-order valence-corrected chi connectivity index (χ1v) is 7.73. The summed E-state index contributed by atoms with van der Waals surface area (Å²) in [7, 11) is 1.42. The molecule has 2 aromatic carbocycles. The number of hydrogen-bond donors (Lipinski definition) is 3. The number of anilines is 1. The summed E-state index contributed by atoms with van der Waals surface area (Å²) >= 11 is 16.9. The molecule has 0 saturated carbocycles. The SMILES string of the molecule is COc1c(Cl)cc(C(=O)NNC(=S)Nc2ccccc2F)cc1Cl. The Morgan fingerprint density at radius 1 is 1.17 bits per heavy atom. The maximum Gasteiger partial charge on any atom is 0.269 e. The molecule has 2 aromatic rings. The fourth-order valence-corrected chi connectivity index (χ4v) is 2.59. The molecule has 0 aliphatic rings. The summed E-state index contributed by atoms with van der Waals surface area (Å²) in [6.45, 7) is 0. The van der Waals surface area contributed by atoms with E-state index in [4.69, 9.17) is 40.2 Å². The van der Waals surface area contributed by atoms with Crippen molar-refractivity contribution in [1.29, 1.82) is 0 Å². The molecular formula is C15H12Cl2FN3O2S. The highest BCUT2D eigenvalue weighted by Crippen LogP contribution is 2.33. The predicted molar refractivity (Wildman–Crippen MR) is 96.2 cm³/mol. The van der Waals surface area contributed by atoms with Crippen molar-refractivity contribution in [3.05, 3.63) is 57.8 Å². The van der Waals surface area contributed by atoms with Crippen molar-refractivity contribution in [3.8, 4) is 5.75 Å². The van der Waals surface area contributed by atoms with E-state index in [0.29, 0.717) is 0 Å². The summed E-state index contributed by atoms with van der Waals surface area (Å²) in [4.78, 5) is 12.1. The van der Waals surface area contributed by atoms with Crippen LogP contribution in [0, 0.1) is 5.82 Å². The molecule has 5 nitrogen and oxygen atoms in total. The standard InChI is InChI=1S/C15H12Cl2FN3O2S/c1-23-13-9(16)6-8(7-10(13)17)14(22)20-21-15(24)19-12-5-3-2-4-11(12)18/h2-7H,1H3,(H,20,22)(H2,19,21,24). The van der Waals surface area contributed by atoms with Crippen molar-refractivity contribution in [2.24, 2.45) is 0 Å². The molecule has 126 valence electrons. The van der Waals surface area contributed by atoms with E-state index in [-0.39, 0.29) is 32.2 Å². The van der Waals surface area contributed by atoms with E-state index in [1.165, 1.54) is 31.4 Å². The van der Waals surface area contributed by atoms with Crippen LogP contribution in [0.2, 0.25) is 10.0 Å². The van der Waals surface area contributed by atoms with Crippen LogP contribution in [0.25, 0.3) is 0 Å². The number of carbonyl (C=O) groups is 1. The Balaban J connectivity index is 1.98. The van der Waals surface area contributed by atoms with Gasteiger partial charge in [-0.05, 0) is 36.5 Å². The molecule has 0 saturated heterocycles. The number of thiocarbonyl (C=S) groups is 1. The van der Waals surface area contributed by atoms with Gasteiger partial charge in [0.2, 0.25) is 0 Å². The van der Waals surface area contributed by atoms with Crippen LogP contribution < -0.4 is 20.9 Å². The van der Waals surface area contributed by atoms with E-state index >= 15 is 0 Å². The molecule has 0 fully saturated rings. The number of ether oxygens (including phenoxy) is 1. The molecule has 2 rings (SSSR count). The highest BCUT2D eigenvalue weighted by atomic mass is 35.5. The van der Waals surface area contributed by atoms with E-state index in [1.807, 2.05) is 0 Å². The smallest absolute Gasteiger partial charge is 0.269 e. The second-order valence-electron chi connectivity index (χ2n) is 4.49. The third kappa shape index (κ3) is 4.47. The average molecular weight is 388 g/mol. The molecule has 0 atom stereocenters. The number of methoxy groups -OCH3 is 1. The Morgan fingerprint density at radius 2 is 1.79 bits per heavy atom. The van der Waals surface area contributed by atoms with Crippen molar-refractivity contribution in [2.75, 3.05) is 12.4 Å². The summed E-state index contributed by atoms with van der Waals surface area (Å²) in [5.41, 5.74) is 5.20. The molecule has 1 amide bonds. The van der Waals surface area contributed by atoms with Crippen molar-refractivity contribution in [2.45, 2.75) is 0 Å². The quantitative estimate of drug-likeness (QED) is 0.552. The Kier molecular flexibility index (Phi) is 6.19. The first kappa shape index (κ1) is 18.3. The largest absolute Gasteiger partial charge is 0.494 e. The van der Waals surface area contributed by atoms with Crippen molar-refractivity contribution in [1.82, 2.24) is 10.9 Å². The van der Waals surface area contributed by atoms with E-state index in [1.54, 1.807) is 12.1 Å². The first-order chi connectivity index (χ1) is 11.4. The number of nitrogens with one attached hydrogen (secondary N) is 3. The molecule has 0 heterocycles. The Labute approximate surface area is 153 Å². The van der Waals surface area contributed by atoms with Gasteiger partial charge in [0.15, 0.2) is 10.9 Å². The lowest BCUT2D eigenvalue weighted by Gasteiger charge is -2.13. The summed E-state index contributed by atoms with van der Waals surface area (Å²) in [5, 5.41) is 3.02. The molecular weight excluding hydrogens is 376 g/mol. The van der Waals surface area contributed by atoms with Crippen LogP contribution in [0.15, 0.2) is 36.4 Å². The van der Waals surface area contributed by atoms with Gasteiger partial charge in [0.25, 0.3) is 5.91 Å². The normalized spacial score (nSPS) is 10.0. The molecule has 0 unspecified atom stereocenters. The topological polar surface area (TPSA) is 62.4 Å². The molecule has 0 bridgehead atoms. The minimum Gasteiger partial charge on any atom is -0.494 e. The van der Waals surface area contributed by atoms with E-state index < -0.39 is 11.7 Å². The lowest BCUT2D eigenvalue weighted by atomic mass is 10.2. The zero-order valence-corrected chi connectivity index (χ0v) is 14.7. The minimum absolute atomic E-state index is 0.0131. The number of para-hydroxylation sites is 1. The molecule has 3 N–H and O–H groups in total. The molecule has 0 radical (unpaired) electrons. The van der Waals surface area contributed by atoms with Crippen molar-refractivity contribution in [3.63, 3.8) is 0 Å². The van der Waals surface area contributed by atoms with Gasteiger partial charge in [0, 0.05) is 5.56 Å². The van der Waals surface area contributed by atoms with E-state index in [9.17, 15) is 9.18 Å². The molecule has 24 heavy (non-hydrogen) atoms. The fraction of sp³-hybridized carbons (Fsp3) is 0.0667. The highest BCUT2D eigenvalue weighted by Gasteiger charge is 2.13. The maximum absolute atomic E-state index is 13.5. The molecule has 0 spiro atoms. The van der Waals surface area contributed by atoms with Gasteiger partial charge in [-0.2, -0.15) is 0 Å². The number of halogens is 3. The van der Waals surface area contributed by atoms with Crippen LogP contribution in [0.1, 0.15) is 10.4 Å². The predicted octanol–water partition coefficient (Wildman–Crippen LogP) is 3.77. The van der Waals surface area contributed by atoms with Gasteiger partial charge in [-0.25, -0.2) is 4.39 Å². The number of hydrazine groups is 1. The number of amides is 1. The Morgan fingerprint density at radius 3 is 2.38 bits per heavy atom. The van der Waals surface area contributed by atoms with Gasteiger partial charge in [-0.1, -0.05) is 35.3 Å². The van der Waals surface area contributed by atoms with Crippen LogP contribution in [0.3, 0.4) is 0 Å². The van der Waals surface area contributed by atoms with Crippen LogP contribution in [0.5, 0.6) is 5.75 Å². The Hall–Kier alpha value is -2.09. The molecule has 0 aliphatic carbocycles. The van der Waals surface area contributed by atoms with Crippen molar-refractivity contribution >= 4 is 52.1 Å². The first-order valence-electron chi connectivity index (χ1n) is 6.57. The molecule has 0 aliphatic heterocycles. The summed E-state index contributed by atoms with van der Waals surface area (Å²) in [6, 6.07) is 8.79. The van der Waals surface area contributed by atoms with Gasteiger partial charge in [-0.3, -0.25) is 15.6 Å². The van der Waals surface area contributed by atoms with Crippen LogP contribution in [-0.2, 0) is 0 Å². The zero-order valence-electron chi connectivity index (χ0n) is 12.3. The number of rotatable bonds is 3. The molecule has 9 heteroatoms. The lowest BCUT2D eigenvalue weighted by molar-refractivity contribution is 0.0944. The van der Waals surface area contributed by atoms with Crippen LogP contribution >= 0.6 is 35.4 Å². The van der Waals surface area contributed by atoms with E-state index in [2.05, 4.69) is 16.2 Å². The maximum atomic E-state index is 13.5. The van der Waals surface area contributed by atoms with Crippen molar-refractivity contribution < 1.29 is 13.9 Å². The number of benzene rings is 2. The monoisotopic (exact) mass is 387 g/mol. The van der Waals surface area contributed by atoms with Gasteiger partial charge < -0.3 is 10.1 Å². The van der Waals surface area contributed by atoms with Gasteiger partial charge in [0.1, 0.15) is 5.82 Å².